The number of amides is 2. The van der Waals surface area contributed by atoms with E-state index in [0.29, 0.717) is 22.7 Å². The Morgan fingerprint density at radius 1 is 1.07 bits per heavy atom. The number of nitrogens with zero attached hydrogens (tertiary/aromatic N) is 1. The lowest BCUT2D eigenvalue weighted by Gasteiger charge is -2.22. The minimum absolute atomic E-state index is 0.200. The first-order chi connectivity index (χ1) is 14.6. The Bertz CT molecular complexity index is 1150. The predicted octanol–water partition coefficient (Wildman–Crippen LogP) is 4.26. The average Bonchev–Trinajstić information content (AvgIpc) is 3.43. The molecule has 3 heterocycles. The molecule has 3 N–H and O–H groups in total. The number of hydrogen-bond acceptors (Lipinski definition) is 5. The van der Waals surface area contributed by atoms with Crippen LogP contribution < -0.4 is 20.7 Å². The maximum atomic E-state index is 13.1. The predicted molar refractivity (Wildman–Crippen MR) is 118 cm³/mol. The number of anilines is 2. The summed E-state index contributed by atoms with van der Waals surface area (Å²) in [5.41, 5.74) is 9.39. The van der Waals surface area contributed by atoms with E-state index in [0.717, 1.165) is 53.4 Å². The Kier molecular flexibility index (Phi) is 4.67. The zero-order chi connectivity index (χ0) is 20.7. The van der Waals surface area contributed by atoms with E-state index >= 15 is 0 Å². The molecular weight excluding hydrogens is 398 g/mol. The fourth-order valence-corrected chi connectivity index (χ4v) is 5.11. The molecule has 2 aliphatic heterocycles. The Morgan fingerprint density at radius 3 is 2.67 bits per heavy atom. The molecule has 1 saturated heterocycles. The zero-order valence-corrected chi connectivity index (χ0v) is 17.1. The van der Waals surface area contributed by atoms with Crippen LogP contribution in [0.2, 0.25) is 0 Å². The Morgan fingerprint density at radius 2 is 1.87 bits per heavy atom. The molecule has 152 valence electrons. The fourth-order valence-electron chi connectivity index (χ4n) is 4.02. The van der Waals surface area contributed by atoms with Gasteiger partial charge in [0, 0.05) is 34.7 Å². The minimum atomic E-state index is -0.515. The van der Waals surface area contributed by atoms with E-state index in [2.05, 4.69) is 10.2 Å². The van der Waals surface area contributed by atoms with Crippen LogP contribution in [0.25, 0.3) is 10.4 Å². The van der Waals surface area contributed by atoms with Crippen LogP contribution in [-0.4, -0.2) is 24.9 Å². The molecule has 0 saturated carbocycles. The number of hydrogen-bond donors (Lipinski definition) is 2. The number of para-hydroxylation sites is 1. The van der Waals surface area contributed by atoms with Gasteiger partial charge in [0.25, 0.3) is 5.91 Å². The van der Waals surface area contributed by atoms with Crippen molar-refractivity contribution in [2.75, 3.05) is 23.3 Å². The molecule has 0 aliphatic carbocycles. The largest absolute Gasteiger partial charge is 0.488 e. The lowest BCUT2D eigenvalue weighted by Crippen LogP contribution is -2.22. The molecule has 7 heteroatoms. The first kappa shape index (κ1) is 18.7. The third-order valence-corrected chi connectivity index (χ3v) is 6.73. The molecule has 2 aromatic carbocycles. The smallest absolute Gasteiger partial charge is 0.265 e. The van der Waals surface area contributed by atoms with E-state index in [9.17, 15) is 9.59 Å². The molecule has 30 heavy (non-hydrogen) atoms. The monoisotopic (exact) mass is 419 g/mol. The first-order valence-corrected chi connectivity index (χ1v) is 10.8. The number of fused-ring (bicyclic) bond motifs is 3. The van der Waals surface area contributed by atoms with Gasteiger partial charge in [-0.3, -0.25) is 9.59 Å². The van der Waals surface area contributed by atoms with Crippen molar-refractivity contribution in [2.24, 2.45) is 5.73 Å². The van der Waals surface area contributed by atoms with Gasteiger partial charge in [-0.05, 0) is 49.2 Å². The number of thiophene rings is 1. The van der Waals surface area contributed by atoms with Crippen molar-refractivity contribution in [3.05, 3.63) is 64.5 Å². The number of carbonyl (C=O) groups is 2. The van der Waals surface area contributed by atoms with Crippen LogP contribution in [0.1, 0.15) is 38.4 Å². The van der Waals surface area contributed by atoms with Crippen LogP contribution >= 0.6 is 11.3 Å². The van der Waals surface area contributed by atoms with Crippen LogP contribution in [0.4, 0.5) is 11.4 Å². The van der Waals surface area contributed by atoms with E-state index in [-0.39, 0.29) is 5.91 Å². The summed E-state index contributed by atoms with van der Waals surface area (Å²) in [5.74, 6) is 0.122. The highest BCUT2D eigenvalue weighted by Gasteiger charge is 2.24. The van der Waals surface area contributed by atoms with Gasteiger partial charge in [-0.15, -0.1) is 11.3 Å². The highest BCUT2D eigenvalue weighted by atomic mass is 32.1. The van der Waals surface area contributed by atoms with Crippen molar-refractivity contribution in [3.63, 3.8) is 0 Å². The van der Waals surface area contributed by atoms with Crippen molar-refractivity contribution in [1.29, 1.82) is 0 Å². The molecular formula is C23H21N3O3S. The molecule has 6 nitrogen and oxygen atoms in total. The second-order valence-electron chi connectivity index (χ2n) is 7.49. The van der Waals surface area contributed by atoms with Gasteiger partial charge in [0.1, 0.15) is 12.4 Å². The number of carbonyl (C=O) groups excluding carboxylic acids is 2. The maximum absolute atomic E-state index is 13.1. The lowest BCUT2D eigenvalue weighted by atomic mass is 10.1. The van der Waals surface area contributed by atoms with Crippen molar-refractivity contribution >= 4 is 34.5 Å². The summed E-state index contributed by atoms with van der Waals surface area (Å²) in [6.07, 6.45) is 2.23. The summed E-state index contributed by atoms with van der Waals surface area (Å²) in [5, 5.41) is 3.01. The van der Waals surface area contributed by atoms with Crippen LogP contribution in [0.3, 0.4) is 0 Å². The van der Waals surface area contributed by atoms with E-state index in [1.807, 2.05) is 36.4 Å². The number of nitrogens with one attached hydrogen (secondary N) is 1. The molecule has 1 fully saturated rings. The normalized spacial score (nSPS) is 14.6. The van der Waals surface area contributed by atoms with Crippen molar-refractivity contribution in [2.45, 2.75) is 19.4 Å². The summed E-state index contributed by atoms with van der Waals surface area (Å²) < 4.78 is 5.81. The van der Waals surface area contributed by atoms with Gasteiger partial charge in [0.05, 0.1) is 16.3 Å². The summed E-state index contributed by atoms with van der Waals surface area (Å²) >= 11 is 1.46. The van der Waals surface area contributed by atoms with E-state index in [1.54, 1.807) is 12.1 Å². The van der Waals surface area contributed by atoms with Crippen molar-refractivity contribution < 1.29 is 14.3 Å². The van der Waals surface area contributed by atoms with Gasteiger partial charge in [-0.1, -0.05) is 12.1 Å². The fraction of sp³-hybridized carbons (Fsp3) is 0.217. The number of rotatable bonds is 4. The van der Waals surface area contributed by atoms with Crippen LogP contribution in [0.5, 0.6) is 5.75 Å². The van der Waals surface area contributed by atoms with Gasteiger partial charge in [0.15, 0.2) is 0 Å². The molecule has 0 radical (unpaired) electrons. The van der Waals surface area contributed by atoms with Gasteiger partial charge >= 0.3 is 0 Å². The minimum Gasteiger partial charge on any atom is -0.488 e. The van der Waals surface area contributed by atoms with Crippen LogP contribution in [0.15, 0.2) is 48.5 Å². The topological polar surface area (TPSA) is 84.7 Å². The Balaban J connectivity index is 1.47. The molecule has 2 aliphatic rings. The van der Waals surface area contributed by atoms with E-state index in [1.165, 1.54) is 11.3 Å². The summed E-state index contributed by atoms with van der Waals surface area (Å²) in [6.45, 7) is 2.31. The van der Waals surface area contributed by atoms with Crippen LogP contribution in [-0.2, 0) is 6.61 Å². The maximum Gasteiger partial charge on any atom is 0.265 e. The summed E-state index contributed by atoms with van der Waals surface area (Å²) in [6, 6.07) is 15.0. The third-order valence-electron chi connectivity index (χ3n) is 5.52. The molecule has 5 rings (SSSR count). The average molecular weight is 420 g/mol. The number of nitrogens with two attached hydrogens (primary N) is 1. The highest BCUT2D eigenvalue weighted by molar-refractivity contribution is 7.17. The van der Waals surface area contributed by atoms with Crippen molar-refractivity contribution in [3.8, 4) is 16.2 Å². The SMILES string of the molecule is NC(=O)c1ccc(N2CCCC2)c(NC(=O)c2cc3c(s2)-c2ccccc2OC3)c1. The Hall–Kier alpha value is -3.32. The standard InChI is InChI=1S/C23H21N3O3S/c24-22(27)14-7-8-18(26-9-3-4-10-26)17(11-14)25-23(28)20-12-15-13-29-19-6-2-1-5-16(19)21(15)30-20/h1-2,5-8,11-12H,3-4,9-10,13H2,(H2,24,27)(H,25,28). The molecule has 0 bridgehead atoms. The van der Waals surface area contributed by atoms with Gasteiger partial charge in [-0.25, -0.2) is 0 Å². The number of primary amides is 1. The van der Waals surface area contributed by atoms with E-state index in [4.69, 9.17) is 10.5 Å². The quantitative estimate of drug-likeness (QED) is 0.662. The third kappa shape index (κ3) is 3.31. The number of benzene rings is 2. The zero-order valence-electron chi connectivity index (χ0n) is 16.3. The Labute approximate surface area is 178 Å². The molecule has 1 aromatic heterocycles. The van der Waals surface area contributed by atoms with Crippen molar-refractivity contribution in [1.82, 2.24) is 0 Å². The van der Waals surface area contributed by atoms with Crippen LogP contribution in [0, 0.1) is 0 Å². The first-order valence-electron chi connectivity index (χ1n) is 9.95. The van der Waals surface area contributed by atoms with Gasteiger partial charge in [0.2, 0.25) is 5.91 Å². The van der Waals surface area contributed by atoms with Gasteiger partial charge in [-0.2, -0.15) is 0 Å². The summed E-state index contributed by atoms with van der Waals surface area (Å²) in [7, 11) is 0. The molecule has 3 aromatic rings. The second-order valence-corrected chi connectivity index (χ2v) is 8.55. The molecule has 0 spiro atoms. The lowest BCUT2D eigenvalue weighted by molar-refractivity contribution is 0.0996. The summed E-state index contributed by atoms with van der Waals surface area (Å²) in [4.78, 5) is 28.7. The van der Waals surface area contributed by atoms with E-state index < -0.39 is 5.91 Å². The number of ether oxygens (including phenoxy) is 1. The highest BCUT2D eigenvalue weighted by Crippen LogP contribution is 2.42. The van der Waals surface area contributed by atoms with Gasteiger partial charge < -0.3 is 20.7 Å². The molecule has 2 amide bonds. The second kappa shape index (κ2) is 7.50. The molecule has 0 unspecified atom stereocenters. The molecule has 0 atom stereocenters.